The summed E-state index contributed by atoms with van der Waals surface area (Å²) in [5, 5.41) is 17.6. The van der Waals surface area contributed by atoms with Gasteiger partial charge in [0.1, 0.15) is 0 Å². The molecule has 0 aliphatic carbocycles. The lowest BCUT2D eigenvalue weighted by molar-refractivity contribution is 0.0693. The first-order valence-electron chi connectivity index (χ1n) is 4.04. The second-order valence-corrected chi connectivity index (χ2v) is 2.89. The maximum atomic E-state index is 11.0. The number of aliphatic hydroxyl groups is 1. The molecule has 0 bridgehead atoms. The Bertz CT molecular complexity index is 382. The Labute approximate surface area is 80.8 Å². The number of benzene rings is 1. The Kier molecular flexibility index (Phi) is 2.99. The average Bonchev–Trinajstić information content (AvgIpc) is 2.16. The van der Waals surface area contributed by atoms with E-state index in [2.05, 4.69) is 0 Å². The molecule has 1 aromatic rings. The minimum Gasteiger partial charge on any atom is -0.478 e. The van der Waals surface area contributed by atoms with E-state index >= 15 is 0 Å². The molecule has 0 amide bonds. The van der Waals surface area contributed by atoms with Crippen molar-refractivity contribution in [1.29, 1.82) is 0 Å². The number of carboxylic acid groups (broad SMARTS) is 1. The fourth-order valence-electron chi connectivity index (χ4n) is 1.13. The predicted molar refractivity (Wildman–Crippen MR) is 49.3 cm³/mol. The molecule has 1 aromatic carbocycles. The molecule has 0 unspecified atom stereocenters. The second-order valence-electron chi connectivity index (χ2n) is 2.89. The quantitative estimate of drug-likeness (QED) is 0.706. The SMILES string of the molecule is CC(=O)c1ccc(CO)c(C(=O)O)c1. The van der Waals surface area contributed by atoms with Gasteiger partial charge >= 0.3 is 5.97 Å². The highest BCUT2D eigenvalue weighted by molar-refractivity contribution is 5.98. The molecule has 0 atom stereocenters. The molecule has 2 N–H and O–H groups in total. The van der Waals surface area contributed by atoms with Gasteiger partial charge in [-0.25, -0.2) is 4.79 Å². The molecule has 4 heteroatoms. The van der Waals surface area contributed by atoms with Crippen LogP contribution in [0.3, 0.4) is 0 Å². The maximum absolute atomic E-state index is 11.0. The molecule has 0 saturated heterocycles. The third kappa shape index (κ3) is 1.97. The largest absolute Gasteiger partial charge is 0.478 e. The molecule has 0 radical (unpaired) electrons. The van der Waals surface area contributed by atoms with Gasteiger partial charge in [0, 0.05) is 5.56 Å². The van der Waals surface area contributed by atoms with Crippen molar-refractivity contribution in [3.8, 4) is 0 Å². The zero-order valence-corrected chi connectivity index (χ0v) is 7.65. The van der Waals surface area contributed by atoms with Gasteiger partial charge in [0.25, 0.3) is 0 Å². The van der Waals surface area contributed by atoms with Crippen LogP contribution in [-0.4, -0.2) is 22.0 Å². The van der Waals surface area contributed by atoms with Crippen molar-refractivity contribution in [2.75, 3.05) is 0 Å². The van der Waals surface area contributed by atoms with Crippen LogP contribution in [0.5, 0.6) is 0 Å². The highest BCUT2D eigenvalue weighted by Crippen LogP contribution is 2.12. The minimum absolute atomic E-state index is 0.0276. The van der Waals surface area contributed by atoms with Crippen molar-refractivity contribution < 1.29 is 19.8 Å². The van der Waals surface area contributed by atoms with E-state index in [-0.39, 0.29) is 18.0 Å². The molecule has 0 spiro atoms. The summed E-state index contributed by atoms with van der Waals surface area (Å²) in [6.45, 7) is 1.01. The summed E-state index contributed by atoms with van der Waals surface area (Å²) >= 11 is 0. The summed E-state index contributed by atoms with van der Waals surface area (Å²) in [7, 11) is 0. The molecule has 1 rings (SSSR count). The smallest absolute Gasteiger partial charge is 0.336 e. The monoisotopic (exact) mass is 194 g/mol. The molecule has 0 saturated carbocycles. The third-order valence-corrected chi connectivity index (χ3v) is 1.92. The van der Waals surface area contributed by atoms with Crippen molar-refractivity contribution in [3.63, 3.8) is 0 Å². The summed E-state index contributed by atoms with van der Waals surface area (Å²) < 4.78 is 0. The Hall–Kier alpha value is -1.68. The first kappa shape index (κ1) is 10.4. The molecule has 0 heterocycles. The van der Waals surface area contributed by atoms with Crippen molar-refractivity contribution in [2.45, 2.75) is 13.5 Å². The number of ketones is 1. The number of hydrogen-bond donors (Lipinski definition) is 2. The molecule has 0 aliphatic heterocycles. The van der Waals surface area contributed by atoms with Gasteiger partial charge in [-0.3, -0.25) is 4.79 Å². The number of carbonyl (C=O) groups excluding carboxylic acids is 1. The number of aliphatic hydroxyl groups excluding tert-OH is 1. The number of aromatic carboxylic acids is 1. The number of carbonyl (C=O) groups is 2. The van der Waals surface area contributed by atoms with Gasteiger partial charge in [-0.1, -0.05) is 12.1 Å². The van der Waals surface area contributed by atoms with Crippen LogP contribution in [0.4, 0.5) is 0 Å². The van der Waals surface area contributed by atoms with Crippen molar-refractivity contribution in [3.05, 3.63) is 34.9 Å². The maximum Gasteiger partial charge on any atom is 0.336 e. The van der Waals surface area contributed by atoms with Crippen LogP contribution in [0.15, 0.2) is 18.2 Å². The van der Waals surface area contributed by atoms with Crippen molar-refractivity contribution >= 4 is 11.8 Å². The molecular formula is C10H10O4. The van der Waals surface area contributed by atoms with Crippen LogP contribution in [-0.2, 0) is 6.61 Å². The minimum atomic E-state index is -1.14. The molecule has 0 aromatic heterocycles. The first-order valence-corrected chi connectivity index (χ1v) is 4.04. The zero-order chi connectivity index (χ0) is 10.7. The van der Waals surface area contributed by atoms with Gasteiger partial charge in [0.15, 0.2) is 5.78 Å². The van der Waals surface area contributed by atoms with Gasteiger partial charge in [-0.15, -0.1) is 0 Å². The topological polar surface area (TPSA) is 74.6 Å². The zero-order valence-electron chi connectivity index (χ0n) is 7.65. The van der Waals surface area contributed by atoms with Gasteiger partial charge < -0.3 is 10.2 Å². The Balaban J connectivity index is 3.27. The van der Waals surface area contributed by atoms with Crippen molar-refractivity contribution in [1.82, 2.24) is 0 Å². The van der Waals surface area contributed by atoms with Gasteiger partial charge in [0.2, 0.25) is 0 Å². The normalized spacial score (nSPS) is 9.86. The molecule has 0 fully saturated rings. The lowest BCUT2D eigenvalue weighted by Crippen LogP contribution is -2.05. The van der Waals surface area contributed by atoms with Gasteiger partial charge in [-0.2, -0.15) is 0 Å². The third-order valence-electron chi connectivity index (χ3n) is 1.92. The van der Waals surface area contributed by atoms with Crippen molar-refractivity contribution in [2.24, 2.45) is 0 Å². The van der Waals surface area contributed by atoms with E-state index in [1.54, 1.807) is 0 Å². The van der Waals surface area contributed by atoms with E-state index < -0.39 is 5.97 Å². The lowest BCUT2D eigenvalue weighted by Gasteiger charge is -2.04. The summed E-state index contributed by atoms with van der Waals surface area (Å²) in [6, 6.07) is 4.22. The average molecular weight is 194 g/mol. The summed E-state index contributed by atoms with van der Waals surface area (Å²) in [5.74, 6) is -1.34. The highest BCUT2D eigenvalue weighted by Gasteiger charge is 2.11. The van der Waals surface area contributed by atoms with Crippen LogP contribution in [0.2, 0.25) is 0 Å². The van der Waals surface area contributed by atoms with E-state index in [1.165, 1.54) is 25.1 Å². The van der Waals surface area contributed by atoms with Gasteiger partial charge in [0.05, 0.1) is 12.2 Å². The molecular weight excluding hydrogens is 184 g/mol. The van der Waals surface area contributed by atoms with E-state index in [9.17, 15) is 9.59 Å². The molecule has 4 nitrogen and oxygen atoms in total. The van der Waals surface area contributed by atoms with Gasteiger partial charge in [-0.05, 0) is 18.6 Å². The fourth-order valence-corrected chi connectivity index (χ4v) is 1.13. The summed E-state index contributed by atoms with van der Waals surface area (Å²) in [4.78, 5) is 21.7. The lowest BCUT2D eigenvalue weighted by atomic mass is 10.0. The van der Waals surface area contributed by atoms with Crippen LogP contribution < -0.4 is 0 Å². The van der Waals surface area contributed by atoms with Crippen LogP contribution in [0, 0.1) is 0 Å². The number of rotatable bonds is 3. The van der Waals surface area contributed by atoms with Crippen LogP contribution in [0.1, 0.15) is 33.2 Å². The molecule has 0 aliphatic rings. The Morgan fingerprint density at radius 3 is 2.43 bits per heavy atom. The van der Waals surface area contributed by atoms with E-state index in [0.717, 1.165) is 0 Å². The predicted octanol–water partition coefficient (Wildman–Crippen LogP) is 1.08. The summed E-state index contributed by atoms with van der Waals surface area (Å²) in [6.07, 6.45) is 0. The van der Waals surface area contributed by atoms with E-state index in [1.807, 2.05) is 0 Å². The Morgan fingerprint density at radius 2 is 2.00 bits per heavy atom. The first-order chi connectivity index (χ1) is 6.56. The Morgan fingerprint density at radius 1 is 1.36 bits per heavy atom. The number of hydrogen-bond acceptors (Lipinski definition) is 3. The van der Waals surface area contributed by atoms with E-state index in [4.69, 9.17) is 10.2 Å². The van der Waals surface area contributed by atoms with E-state index in [0.29, 0.717) is 11.1 Å². The van der Waals surface area contributed by atoms with Crippen LogP contribution in [0.25, 0.3) is 0 Å². The second kappa shape index (κ2) is 4.02. The van der Waals surface area contributed by atoms with Crippen LogP contribution >= 0.6 is 0 Å². The highest BCUT2D eigenvalue weighted by atomic mass is 16.4. The standard InChI is InChI=1S/C10H10O4/c1-6(12)7-2-3-8(5-11)9(4-7)10(13)14/h2-4,11H,5H2,1H3,(H,13,14). The number of Topliss-reactive ketones (excluding diaryl/α,β-unsaturated/α-hetero) is 1. The fraction of sp³-hybridized carbons (Fsp3) is 0.200. The molecule has 14 heavy (non-hydrogen) atoms. The number of carboxylic acids is 1. The molecule has 74 valence electrons. The summed E-state index contributed by atoms with van der Waals surface area (Å²) in [5.41, 5.74) is 0.613.